The number of fused-ring (bicyclic) bond motifs is 1. The van der Waals surface area contributed by atoms with Gasteiger partial charge >= 0.3 is 0 Å². The second kappa shape index (κ2) is 7.63. The van der Waals surface area contributed by atoms with Crippen molar-refractivity contribution in [1.29, 1.82) is 0 Å². The van der Waals surface area contributed by atoms with Crippen LogP contribution in [0.25, 0.3) is 15.5 Å². The Balaban J connectivity index is 1.43. The summed E-state index contributed by atoms with van der Waals surface area (Å²) in [5.74, 6) is 0.380. The van der Waals surface area contributed by atoms with Gasteiger partial charge in [-0.05, 0) is 55.5 Å². The third-order valence-electron chi connectivity index (χ3n) is 3.88. The summed E-state index contributed by atoms with van der Waals surface area (Å²) in [7, 11) is 0. The molecule has 4 aromatic rings. The van der Waals surface area contributed by atoms with Gasteiger partial charge in [-0.1, -0.05) is 35.1 Å². The maximum Gasteiger partial charge on any atom is 0.258 e. The molecule has 0 saturated heterocycles. The van der Waals surface area contributed by atoms with Gasteiger partial charge in [0.05, 0.1) is 10.6 Å². The van der Waals surface area contributed by atoms with E-state index in [1.54, 1.807) is 28.8 Å². The van der Waals surface area contributed by atoms with Gasteiger partial charge in [-0.2, -0.15) is 9.61 Å². The van der Waals surface area contributed by atoms with Crippen molar-refractivity contribution in [2.24, 2.45) is 0 Å². The number of aryl methyl sites for hydroxylation is 1. The van der Waals surface area contributed by atoms with E-state index in [0.717, 1.165) is 27.0 Å². The highest BCUT2D eigenvalue weighted by Gasteiger charge is 2.12. The molecule has 2 N–H and O–H groups in total. The lowest BCUT2D eigenvalue weighted by Gasteiger charge is -2.10. The molecule has 7 nitrogen and oxygen atoms in total. The van der Waals surface area contributed by atoms with E-state index >= 15 is 0 Å². The van der Waals surface area contributed by atoms with E-state index in [1.807, 2.05) is 31.2 Å². The molecular formula is C18H13ClN6OS2. The molecule has 4 rings (SSSR count). The zero-order valence-electron chi connectivity index (χ0n) is 14.5. The molecule has 0 radical (unpaired) electrons. The van der Waals surface area contributed by atoms with Gasteiger partial charge in [-0.3, -0.25) is 10.1 Å². The fourth-order valence-corrected chi connectivity index (χ4v) is 3.83. The Labute approximate surface area is 174 Å². The van der Waals surface area contributed by atoms with Crippen molar-refractivity contribution in [3.05, 3.63) is 64.9 Å². The second-order valence-corrected chi connectivity index (χ2v) is 7.59. The standard InChI is InChI=1S/C18H13ClN6OS2/c1-10-22-23-18-25(10)24-16(28-18)11-6-8-12(9-7-11)20-17(27)21-15(26)13-4-2-3-5-14(13)19/h2-9H,1H3,(H2,20,21,26,27). The first-order chi connectivity index (χ1) is 13.5. The van der Waals surface area contributed by atoms with E-state index in [9.17, 15) is 4.79 Å². The van der Waals surface area contributed by atoms with Crippen LogP contribution in [0.15, 0.2) is 48.5 Å². The molecule has 0 fully saturated rings. The highest BCUT2D eigenvalue weighted by atomic mass is 35.5. The van der Waals surface area contributed by atoms with Crippen LogP contribution in [0.3, 0.4) is 0 Å². The monoisotopic (exact) mass is 428 g/mol. The molecule has 0 aliphatic carbocycles. The number of carbonyl (C=O) groups is 1. The molecule has 0 aliphatic heterocycles. The summed E-state index contributed by atoms with van der Waals surface area (Å²) in [6.45, 7) is 1.86. The van der Waals surface area contributed by atoms with Crippen LogP contribution in [0, 0.1) is 6.92 Å². The van der Waals surface area contributed by atoms with Gasteiger partial charge in [0, 0.05) is 11.3 Å². The van der Waals surface area contributed by atoms with E-state index in [4.69, 9.17) is 23.8 Å². The molecule has 28 heavy (non-hydrogen) atoms. The average molecular weight is 429 g/mol. The number of aromatic nitrogens is 4. The lowest BCUT2D eigenvalue weighted by atomic mass is 10.2. The van der Waals surface area contributed by atoms with Gasteiger partial charge in [-0.15, -0.1) is 10.2 Å². The van der Waals surface area contributed by atoms with Crippen LogP contribution < -0.4 is 10.6 Å². The van der Waals surface area contributed by atoms with Gasteiger partial charge < -0.3 is 5.32 Å². The molecule has 0 saturated carbocycles. The van der Waals surface area contributed by atoms with E-state index in [1.165, 1.54) is 11.3 Å². The van der Waals surface area contributed by atoms with Crippen molar-refractivity contribution in [2.75, 3.05) is 5.32 Å². The van der Waals surface area contributed by atoms with Crippen LogP contribution in [0.1, 0.15) is 16.2 Å². The minimum absolute atomic E-state index is 0.187. The Bertz CT molecular complexity index is 1180. The fourth-order valence-electron chi connectivity index (χ4n) is 2.51. The lowest BCUT2D eigenvalue weighted by Crippen LogP contribution is -2.34. The Hall–Kier alpha value is -2.88. The first kappa shape index (κ1) is 18.5. The number of nitrogens with zero attached hydrogens (tertiary/aromatic N) is 4. The zero-order chi connectivity index (χ0) is 19.7. The van der Waals surface area contributed by atoms with Crippen molar-refractivity contribution >= 4 is 56.8 Å². The SMILES string of the molecule is Cc1nnc2sc(-c3ccc(NC(=S)NC(=O)c4ccccc4Cl)cc3)nn12. The molecule has 0 spiro atoms. The molecule has 10 heteroatoms. The lowest BCUT2D eigenvalue weighted by molar-refractivity contribution is 0.0978. The Morgan fingerprint density at radius 3 is 2.61 bits per heavy atom. The van der Waals surface area contributed by atoms with Gasteiger partial charge in [-0.25, -0.2) is 0 Å². The van der Waals surface area contributed by atoms with Gasteiger partial charge in [0.15, 0.2) is 10.9 Å². The van der Waals surface area contributed by atoms with Crippen LogP contribution in [0.2, 0.25) is 5.02 Å². The van der Waals surface area contributed by atoms with Crippen molar-refractivity contribution in [1.82, 2.24) is 25.1 Å². The minimum Gasteiger partial charge on any atom is -0.332 e. The van der Waals surface area contributed by atoms with Crippen LogP contribution in [0.5, 0.6) is 0 Å². The molecule has 1 amide bonds. The van der Waals surface area contributed by atoms with Gasteiger partial charge in [0.25, 0.3) is 5.91 Å². The summed E-state index contributed by atoms with van der Waals surface area (Å²) in [6.07, 6.45) is 0. The molecule has 0 atom stereocenters. The predicted molar refractivity (Wildman–Crippen MR) is 114 cm³/mol. The number of rotatable bonds is 3. The fraction of sp³-hybridized carbons (Fsp3) is 0.0556. The number of anilines is 1. The molecule has 0 aliphatic rings. The first-order valence-electron chi connectivity index (χ1n) is 8.17. The van der Waals surface area contributed by atoms with Crippen molar-refractivity contribution < 1.29 is 4.79 Å². The molecule has 0 unspecified atom stereocenters. The first-order valence-corrected chi connectivity index (χ1v) is 9.77. The van der Waals surface area contributed by atoms with Crippen molar-refractivity contribution in [3.63, 3.8) is 0 Å². The maximum atomic E-state index is 12.2. The maximum absolute atomic E-state index is 12.2. The predicted octanol–water partition coefficient (Wildman–Crippen LogP) is 3.94. The zero-order valence-corrected chi connectivity index (χ0v) is 16.9. The largest absolute Gasteiger partial charge is 0.332 e. The Kier molecular flexibility index (Phi) is 5.03. The number of thiocarbonyl (C=S) groups is 1. The van der Waals surface area contributed by atoms with E-state index in [0.29, 0.717) is 10.6 Å². The normalized spacial score (nSPS) is 10.8. The highest BCUT2D eigenvalue weighted by Crippen LogP contribution is 2.26. The minimum atomic E-state index is -0.366. The Morgan fingerprint density at radius 2 is 1.89 bits per heavy atom. The second-order valence-electron chi connectivity index (χ2n) is 5.81. The number of amides is 1. The topological polar surface area (TPSA) is 84.2 Å². The number of carbonyl (C=O) groups excluding carboxylic acids is 1. The van der Waals surface area contributed by atoms with Crippen LogP contribution >= 0.6 is 35.2 Å². The summed E-state index contributed by atoms with van der Waals surface area (Å²) >= 11 is 12.7. The Morgan fingerprint density at radius 1 is 1.14 bits per heavy atom. The summed E-state index contributed by atoms with van der Waals surface area (Å²) in [5.41, 5.74) is 2.06. The number of hydrogen-bond donors (Lipinski definition) is 2. The van der Waals surface area contributed by atoms with Crippen LogP contribution in [0.4, 0.5) is 5.69 Å². The van der Waals surface area contributed by atoms with Gasteiger partial charge in [0.1, 0.15) is 5.01 Å². The van der Waals surface area contributed by atoms with E-state index in [-0.39, 0.29) is 11.0 Å². The molecule has 140 valence electrons. The number of hydrogen-bond acceptors (Lipinski definition) is 6. The molecular weight excluding hydrogens is 416 g/mol. The summed E-state index contributed by atoms with van der Waals surface area (Å²) < 4.78 is 1.71. The molecule has 0 bridgehead atoms. The summed E-state index contributed by atoms with van der Waals surface area (Å²) in [6, 6.07) is 14.3. The number of benzene rings is 2. The molecule has 2 heterocycles. The summed E-state index contributed by atoms with van der Waals surface area (Å²) in [5, 5.41) is 19.6. The summed E-state index contributed by atoms with van der Waals surface area (Å²) in [4.78, 5) is 13.0. The molecule has 2 aromatic heterocycles. The van der Waals surface area contributed by atoms with Crippen molar-refractivity contribution in [3.8, 4) is 10.6 Å². The van der Waals surface area contributed by atoms with E-state index < -0.39 is 0 Å². The highest BCUT2D eigenvalue weighted by molar-refractivity contribution is 7.80. The third-order valence-corrected chi connectivity index (χ3v) is 5.36. The third kappa shape index (κ3) is 3.72. The quantitative estimate of drug-likeness (QED) is 0.481. The molecule has 2 aromatic carbocycles. The average Bonchev–Trinajstić information content (AvgIpc) is 3.25. The van der Waals surface area contributed by atoms with Gasteiger partial charge in [0.2, 0.25) is 4.96 Å². The smallest absolute Gasteiger partial charge is 0.258 e. The van der Waals surface area contributed by atoms with Crippen molar-refractivity contribution in [2.45, 2.75) is 6.92 Å². The number of halogens is 1. The van der Waals surface area contributed by atoms with E-state index in [2.05, 4.69) is 25.9 Å². The van der Waals surface area contributed by atoms with Crippen LogP contribution in [-0.2, 0) is 0 Å². The van der Waals surface area contributed by atoms with Crippen LogP contribution in [-0.4, -0.2) is 30.8 Å². The number of nitrogens with one attached hydrogen (secondary N) is 2.